The van der Waals surface area contributed by atoms with Gasteiger partial charge in [-0.05, 0) is 18.6 Å². The molecule has 0 unspecified atom stereocenters. The predicted octanol–water partition coefficient (Wildman–Crippen LogP) is 2.40. The Balaban J connectivity index is 0.00000361. The molecule has 0 aliphatic heterocycles. The molecule has 5 nitrogen and oxygen atoms in total. The van der Waals surface area contributed by atoms with Gasteiger partial charge in [0.2, 0.25) is 0 Å². The normalized spacial score (nSPS) is 10.5. The molecule has 0 aromatic heterocycles. The van der Waals surface area contributed by atoms with Gasteiger partial charge in [-0.3, -0.25) is 4.99 Å². The highest BCUT2D eigenvalue weighted by molar-refractivity contribution is 14.0. The summed E-state index contributed by atoms with van der Waals surface area (Å²) < 4.78 is 10.5. The number of benzene rings is 1. The number of rotatable bonds is 6. The smallest absolute Gasteiger partial charge is 0.191 e. The van der Waals surface area contributed by atoms with Crippen molar-refractivity contribution in [1.29, 1.82) is 0 Å². The highest BCUT2D eigenvalue weighted by atomic mass is 127. The van der Waals surface area contributed by atoms with E-state index in [-0.39, 0.29) is 24.0 Å². The molecule has 0 atom stereocenters. The van der Waals surface area contributed by atoms with Gasteiger partial charge in [0.25, 0.3) is 0 Å². The van der Waals surface area contributed by atoms with Crippen LogP contribution in [0.5, 0.6) is 11.5 Å². The second kappa shape index (κ2) is 10.6. The molecule has 1 aromatic carbocycles. The maximum absolute atomic E-state index is 5.35. The number of nitrogens with zero attached hydrogens (tertiary/aromatic N) is 1. The van der Waals surface area contributed by atoms with E-state index in [9.17, 15) is 0 Å². The second-order valence-electron chi connectivity index (χ2n) is 4.03. The van der Waals surface area contributed by atoms with Crippen LogP contribution in [0.2, 0.25) is 0 Å². The van der Waals surface area contributed by atoms with Crippen LogP contribution in [-0.2, 0) is 6.54 Å². The average Bonchev–Trinajstić information content (AvgIpc) is 2.47. The maximum atomic E-state index is 5.35. The van der Waals surface area contributed by atoms with E-state index < -0.39 is 0 Å². The quantitative estimate of drug-likeness (QED) is 0.443. The third-order valence-electron chi connectivity index (χ3n) is 2.71. The number of methoxy groups -OCH3 is 2. The zero-order valence-electron chi connectivity index (χ0n) is 12.5. The van der Waals surface area contributed by atoms with Gasteiger partial charge < -0.3 is 20.1 Å². The fourth-order valence-corrected chi connectivity index (χ4v) is 1.64. The van der Waals surface area contributed by atoms with Crippen molar-refractivity contribution in [2.24, 2.45) is 4.99 Å². The van der Waals surface area contributed by atoms with Crippen LogP contribution in [-0.4, -0.2) is 33.8 Å². The molecule has 0 bridgehead atoms. The van der Waals surface area contributed by atoms with Crippen molar-refractivity contribution in [2.75, 3.05) is 27.8 Å². The first-order valence-electron chi connectivity index (χ1n) is 6.40. The summed E-state index contributed by atoms with van der Waals surface area (Å²) in [4.78, 5) is 4.16. The molecule has 0 saturated carbocycles. The molecule has 0 radical (unpaired) electrons. The molecule has 1 rings (SSSR count). The summed E-state index contributed by atoms with van der Waals surface area (Å²) in [6.45, 7) is 3.67. The molecule has 0 aliphatic carbocycles. The summed E-state index contributed by atoms with van der Waals surface area (Å²) in [5.41, 5.74) is 1.06. The van der Waals surface area contributed by atoms with Gasteiger partial charge in [0.15, 0.2) is 5.96 Å². The summed E-state index contributed by atoms with van der Waals surface area (Å²) in [6, 6.07) is 5.78. The van der Waals surface area contributed by atoms with Gasteiger partial charge in [-0.15, -0.1) is 24.0 Å². The molecule has 2 N–H and O–H groups in total. The minimum Gasteiger partial charge on any atom is -0.497 e. The highest BCUT2D eigenvalue weighted by Gasteiger charge is 2.05. The molecule has 114 valence electrons. The van der Waals surface area contributed by atoms with Crippen molar-refractivity contribution in [2.45, 2.75) is 19.9 Å². The van der Waals surface area contributed by atoms with E-state index in [0.29, 0.717) is 6.54 Å². The Bertz CT molecular complexity index is 425. The topological polar surface area (TPSA) is 54.9 Å². The maximum Gasteiger partial charge on any atom is 0.191 e. The van der Waals surface area contributed by atoms with Gasteiger partial charge >= 0.3 is 0 Å². The number of ether oxygens (including phenoxy) is 2. The lowest BCUT2D eigenvalue weighted by Crippen LogP contribution is -2.37. The Labute approximate surface area is 138 Å². The third-order valence-corrected chi connectivity index (χ3v) is 2.71. The molecule has 0 amide bonds. The molecule has 0 spiro atoms. The average molecular weight is 393 g/mol. The highest BCUT2D eigenvalue weighted by Crippen LogP contribution is 2.24. The Kier molecular flexibility index (Phi) is 9.96. The van der Waals surface area contributed by atoms with Crippen molar-refractivity contribution >= 4 is 29.9 Å². The van der Waals surface area contributed by atoms with E-state index >= 15 is 0 Å². The minimum absolute atomic E-state index is 0. The van der Waals surface area contributed by atoms with Crippen LogP contribution in [0.15, 0.2) is 23.2 Å². The number of halogens is 1. The number of hydrogen-bond donors (Lipinski definition) is 2. The minimum atomic E-state index is 0. The van der Waals surface area contributed by atoms with Crippen molar-refractivity contribution in [3.05, 3.63) is 23.8 Å². The first kappa shape index (κ1) is 18.8. The zero-order valence-corrected chi connectivity index (χ0v) is 14.9. The lowest BCUT2D eigenvalue weighted by molar-refractivity contribution is 0.390. The third kappa shape index (κ3) is 5.85. The van der Waals surface area contributed by atoms with Gasteiger partial charge in [-0.1, -0.05) is 6.92 Å². The van der Waals surface area contributed by atoms with E-state index in [0.717, 1.165) is 36.0 Å². The molecule has 0 heterocycles. The molecule has 6 heteroatoms. The van der Waals surface area contributed by atoms with Crippen LogP contribution < -0.4 is 20.1 Å². The summed E-state index contributed by atoms with van der Waals surface area (Å²) >= 11 is 0. The summed E-state index contributed by atoms with van der Waals surface area (Å²) in [5, 5.41) is 6.47. The van der Waals surface area contributed by atoms with Crippen LogP contribution in [0.1, 0.15) is 18.9 Å². The molecular formula is C14H24IN3O2. The number of guanidine groups is 1. The number of hydrogen-bond acceptors (Lipinski definition) is 3. The van der Waals surface area contributed by atoms with Gasteiger partial charge in [0.1, 0.15) is 11.5 Å². The second-order valence-corrected chi connectivity index (χ2v) is 4.03. The molecule has 0 fully saturated rings. The van der Waals surface area contributed by atoms with Crippen LogP contribution in [0.25, 0.3) is 0 Å². The van der Waals surface area contributed by atoms with Crippen LogP contribution >= 0.6 is 24.0 Å². The zero-order chi connectivity index (χ0) is 14.1. The van der Waals surface area contributed by atoms with Crippen molar-refractivity contribution in [3.8, 4) is 11.5 Å². The van der Waals surface area contributed by atoms with E-state index in [1.807, 2.05) is 18.2 Å². The largest absolute Gasteiger partial charge is 0.497 e. The molecule has 20 heavy (non-hydrogen) atoms. The standard InChI is InChI=1S/C14H23N3O2.HI/c1-5-8-16-14(15-2)17-10-11-6-7-12(18-3)9-13(11)19-4;/h6-7,9H,5,8,10H2,1-4H3,(H2,15,16,17);1H. The van der Waals surface area contributed by atoms with Crippen LogP contribution in [0, 0.1) is 0 Å². The van der Waals surface area contributed by atoms with E-state index in [4.69, 9.17) is 9.47 Å². The monoisotopic (exact) mass is 393 g/mol. The SMILES string of the molecule is CCCNC(=NC)NCc1ccc(OC)cc1OC.I. The number of aliphatic imine (C=N–C) groups is 1. The first-order chi connectivity index (χ1) is 9.24. The number of nitrogens with one attached hydrogen (secondary N) is 2. The molecule has 0 saturated heterocycles. The Morgan fingerprint density at radius 3 is 2.50 bits per heavy atom. The Morgan fingerprint density at radius 2 is 1.95 bits per heavy atom. The van der Waals surface area contributed by atoms with E-state index in [1.165, 1.54) is 0 Å². The van der Waals surface area contributed by atoms with Gasteiger partial charge in [-0.2, -0.15) is 0 Å². The summed E-state index contributed by atoms with van der Waals surface area (Å²) in [6.07, 6.45) is 1.06. The van der Waals surface area contributed by atoms with Crippen molar-refractivity contribution in [1.82, 2.24) is 10.6 Å². The lowest BCUT2D eigenvalue weighted by atomic mass is 10.2. The van der Waals surface area contributed by atoms with Gasteiger partial charge in [0.05, 0.1) is 14.2 Å². The lowest BCUT2D eigenvalue weighted by Gasteiger charge is -2.14. The Morgan fingerprint density at radius 1 is 1.20 bits per heavy atom. The van der Waals surface area contributed by atoms with Crippen molar-refractivity contribution in [3.63, 3.8) is 0 Å². The molecule has 1 aromatic rings. The van der Waals surface area contributed by atoms with Crippen molar-refractivity contribution < 1.29 is 9.47 Å². The first-order valence-corrected chi connectivity index (χ1v) is 6.40. The van der Waals surface area contributed by atoms with E-state index in [2.05, 4.69) is 22.5 Å². The van der Waals surface area contributed by atoms with Gasteiger partial charge in [-0.25, -0.2) is 0 Å². The van der Waals surface area contributed by atoms with Crippen LogP contribution in [0.4, 0.5) is 0 Å². The van der Waals surface area contributed by atoms with Gasteiger partial charge in [0, 0.05) is 31.8 Å². The predicted molar refractivity (Wildman–Crippen MR) is 93.5 cm³/mol. The van der Waals surface area contributed by atoms with E-state index in [1.54, 1.807) is 21.3 Å². The summed E-state index contributed by atoms with van der Waals surface area (Å²) in [7, 11) is 5.06. The fourth-order valence-electron chi connectivity index (χ4n) is 1.64. The summed E-state index contributed by atoms with van der Waals surface area (Å²) in [5.74, 6) is 2.38. The molecular weight excluding hydrogens is 369 g/mol. The Hall–Kier alpha value is -1.18. The fraction of sp³-hybridized carbons (Fsp3) is 0.500. The van der Waals surface area contributed by atoms with Crippen LogP contribution in [0.3, 0.4) is 0 Å². The molecule has 0 aliphatic rings.